The fourth-order valence-electron chi connectivity index (χ4n) is 3.05. The Bertz CT molecular complexity index is 259. The third-order valence-corrected chi connectivity index (χ3v) is 4.14. The Balaban J connectivity index is 1.91. The molecule has 1 N–H and O–H groups in total. The minimum Gasteiger partial charge on any atom is -0.308 e. The van der Waals surface area contributed by atoms with Crippen LogP contribution in [0.3, 0.4) is 0 Å². The van der Waals surface area contributed by atoms with Crippen molar-refractivity contribution in [2.45, 2.75) is 56.8 Å². The highest BCUT2D eigenvalue weighted by atomic mass is 19.4. The second-order valence-electron chi connectivity index (χ2n) is 5.55. The molecule has 0 aromatic carbocycles. The second-order valence-corrected chi connectivity index (χ2v) is 5.55. The van der Waals surface area contributed by atoms with Gasteiger partial charge in [-0.2, -0.15) is 13.2 Å². The van der Waals surface area contributed by atoms with Crippen LogP contribution in [0.1, 0.15) is 39.0 Å². The van der Waals surface area contributed by atoms with Crippen molar-refractivity contribution in [3.05, 3.63) is 0 Å². The first-order valence-corrected chi connectivity index (χ1v) is 6.46. The molecular weight excluding hydrogens is 229 g/mol. The predicted molar refractivity (Wildman–Crippen MR) is 60.9 cm³/mol. The van der Waals surface area contributed by atoms with Gasteiger partial charge < -0.3 is 5.32 Å². The third-order valence-electron chi connectivity index (χ3n) is 4.14. The molecular formula is C12H21F3N2. The summed E-state index contributed by atoms with van der Waals surface area (Å²) in [6.45, 7) is 3.75. The van der Waals surface area contributed by atoms with E-state index in [0.29, 0.717) is 0 Å². The van der Waals surface area contributed by atoms with E-state index in [0.717, 1.165) is 25.9 Å². The minimum atomic E-state index is -4.03. The van der Waals surface area contributed by atoms with Gasteiger partial charge >= 0.3 is 6.18 Å². The van der Waals surface area contributed by atoms with Crippen molar-refractivity contribution in [2.24, 2.45) is 0 Å². The monoisotopic (exact) mass is 250 g/mol. The summed E-state index contributed by atoms with van der Waals surface area (Å²) in [5.74, 6) is 0. The molecule has 1 saturated carbocycles. The van der Waals surface area contributed by atoms with Crippen LogP contribution < -0.4 is 5.32 Å². The van der Waals surface area contributed by atoms with Gasteiger partial charge in [0.2, 0.25) is 0 Å². The molecule has 2 aliphatic rings. The zero-order valence-electron chi connectivity index (χ0n) is 10.3. The highest BCUT2D eigenvalue weighted by molar-refractivity contribution is 5.00. The zero-order valence-corrected chi connectivity index (χ0v) is 10.3. The van der Waals surface area contributed by atoms with Gasteiger partial charge in [0.15, 0.2) is 0 Å². The Morgan fingerprint density at radius 2 is 1.94 bits per heavy atom. The molecule has 2 fully saturated rings. The maximum absolute atomic E-state index is 12.3. The first-order chi connectivity index (χ1) is 7.90. The lowest BCUT2D eigenvalue weighted by Crippen LogP contribution is -2.62. The van der Waals surface area contributed by atoms with E-state index in [2.05, 4.69) is 5.32 Å². The second kappa shape index (κ2) is 4.76. The number of alkyl halides is 3. The Morgan fingerprint density at radius 3 is 2.53 bits per heavy atom. The first-order valence-electron chi connectivity index (χ1n) is 6.46. The molecule has 2 nitrogen and oxygen atoms in total. The summed E-state index contributed by atoms with van der Waals surface area (Å²) < 4.78 is 36.8. The maximum atomic E-state index is 12.3. The van der Waals surface area contributed by atoms with Crippen LogP contribution in [-0.2, 0) is 0 Å². The molecule has 0 radical (unpaired) electrons. The molecule has 1 aliphatic heterocycles. The van der Waals surface area contributed by atoms with Crippen LogP contribution in [0.4, 0.5) is 13.2 Å². The topological polar surface area (TPSA) is 15.3 Å². The van der Waals surface area contributed by atoms with E-state index in [1.165, 1.54) is 12.8 Å². The average Bonchev–Trinajstić information content (AvgIpc) is 2.68. The lowest BCUT2D eigenvalue weighted by Gasteiger charge is -2.45. The Kier molecular flexibility index (Phi) is 3.69. The number of nitrogens with one attached hydrogen (secondary N) is 1. The van der Waals surface area contributed by atoms with Crippen molar-refractivity contribution in [1.82, 2.24) is 10.2 Å². The van der Waals surface area contributed by atoms with E-state index >= 15 is 0 Å². The van der Waals surface area contributed by atoms with Crippen LogP contribution in [-0.4, -0.2) is 42.3 Å². The molecule has 5 heteroatoms. The van der Waals surface area contributed by atoms with E-state index in [4.69, 9.17) is 0 Å². The summed E-state index contributed by atoms with van der Waals surface area (Å²) in [5, 5.41) is 3.55. The number of rotatable bonds is 2. The van der Waals surface area contributed by atoms with Crippen LogP contribution in [0.15, 0.2) is 0 Å². The molecule has 0 bridgehead atoms. The van der Waals surface area contributed by atoms with Gasteiger partial charge in [-0.05, 0) is 19.8 Å². The number of hydrogen-bond donors (Lipinski definition) is 1. The van der Waals surface area contributed by atoms with Crippen LogP contribution >= 0.6 is 0 Å². The van der Waals surface area contributed by atoms with Gasteiger partial charge in [0.1, 0.15) is 0 Å². The van der Waals surface area contributed by atoms with Crippen LogP contribution in [0, 0.1) is 0 Å². The van der Waals surface area contributed by atoms with Crippen LogP contribution in [0.2, 0.25) is 0 Å². The molecule has 0 aromatic rings. The Morgan fingerprint density at radius 1 is 1.29 bits per heavy atom. The molecule has 0 aromatic heterocycles. The standard InChI is InChI=1S/C12H21F3N2/c1-10-8-16-11(4-2-3-5-11)9-17(10)7-6-12(13,14)15/h10,16H,2-9H2,1H3. The molecule has 100 valence electrons. The lowest BCUT2D eigenvalue weighted by molar-refractivity contribution is -0.140. The highest BCUT2D eigenvalue weighted by Gasteiger charge is 2.40. The fraction of sp³-hybridized carbons (Fsp3) is 1.00. The average molecular weight is 250 g/mol. The molecule has 1 heterocycles. The van der Waals surface area contributed by atoms with Crippen molar-refractivity contribution in [2.75, 3.05) is 19.6 Å². The number of hydrogen-bond acceptors (Lipinski definition) is 2. The van der Waals surface area contributed by atoms with E-state index in [1.807, 2.05) is 11.8 Å². The number of halogens is 3. The normalized spacial score (nSPS) is 30.0. The first kappa shape index (κ1) is 13.1. The van der Waals surface area contributed by atoms with Crippen LogP contribution in [0.25, 0.3) is 0 Å². The Labute approximate surface area is 101 Å². The molecule has 1 unspecified atom stereocenters. The molecule has 2 rings (SSSR count). The SMILES string of the molecule is CC1CNC2(CCCC2)CN1CCC(F)(F)F. The fourth-order valence-corrected chi connectivity index (χ4v) is 3.05. The van der Waals surface area contributed by atoms with Gasteiger partial charge in [-0.15, -0.1) is 0 Å². The van der Waals surface area contributed by atoms with Gasteiger partial charge in [-0.25, -0.2) is 0 Å². The molecule has 1 aliphatic carbocycles. The zero-order chi connectivity index (χ0) is 12.5. The van der Waals surface area contributed by atoms with Crippen molar-refractivity contribution in [3.8, 4) is 0 Å². The summed E-state index contributed by atoms with van der Waals surface area (Å²) in [4.78, 5) is 2.01. The van der Waals surface area contributed by atoms with Gasteiger partial charge in [-0.3, -0.25) is 4.90 Å². The molecule has 17 heavy (non-hydrogen) atoms. The quantitative estimate of drug-likeness (QED) is 0.810. The Hall–Kier alpha value is -0.290. The lowest BCUT2D eigenvalue weighted by atomic mass is 9.92. The summed E-state index contributed by atoms with van der Waals surface area (Å²) in [5.41, 5.74) is 0.109. The van der Waals surface area contributed by atoms with Gasteiger partial charge in [0.25, 0.3) is 0 Å². The van der Waals surface area contributed by atoms with Gasteiger partial charge in [-0.1, -0.05) is 12.8 Å². The van der Waals surface area contributed by atoms with Gasteiger partial charge in [0, 0.05) is 31.2 Å². The minimum absolute atomic E-state index is 0.109. The van der Waals surface area contributed by atoms with Crippen LogP contribution in [0.5, 0.6) is 0 Å². The maximum Gasteiger partial charge on any atom is 0.390 e. The van der Waals surface area contributed by atoms with Gasteiger partial charge in [0.05, 0.1) is 6.42 Å². The third kappa shape index (κ3) is 3.35. The van der Waals surface area contributed by atoms with E-state index in [1.54, 1.807) is 0 Å². The predicted octanol–water partition coefficient (Wildman–Crippen LogP) is 2.55. The molecule has 1 saturated heterocycles. The summed E-state index contributed by atoms with van der Waals surface area (Å²) in [6.07, 6.45) is -0.0890. The van der Waals surface area contributed by atoms with E-state index in [-0.39, 0.29) is 18.1 Å². The van der Waals surface area contributed by atoms with Crippen molar-refractivity contribution >= 4 is 0 Å². The summed E-state index contributed by atoms with van der Waals surface area (Å²) in [7, 11) is 0. The van der Waals surface area contributed by atoms with E-state index in [9.17, 15) is 13.2 Å². The summed E-state index contributed by atoms with van der Waals surface area (Å²) >= 11 is 0. The molecule has 1 spiro atoms. The number of nitrogens with zero attached hydrogens (tertiary/aromatic N) is 1. The smallest absolute Gasteiger partial charge is 0.308 e. The molecule has 1 atom stereocenters. The largest absolute Gasteiger partial charge is 0.390 e. The van der Waals surface area contributed by atoms with Crippen molar-refractivity contribution in [3.63, 3.8) is 0 Å². The summed E-state index contributed by atoms with van der Waals surface area (Å²) in [6, 6.07) is 0.212. The van der Waals surface area contributed by atoms with Crippen molar-refractivity contribution in [1.29, 1.82) is 0 Å². The molecule has 0 amide bonds. The van der Waals surface area contributed by atoms with E-state index < -0.39 is 12.6 Å². The van der Waals surface area contributed by atoms with Crippen molar-refractivity contribution < 1.29 is 13.2 Å². The highest BCUT2D eigenvalue weighted by Crippen LogP contribution is 2.33. The number of piperazine rings is 1.